The maximum atomic E-state index is 12.8. The molecular weight excluding hydrogens is 388 g/mol. The van der Waals surface area contributed by atoms with E-state index in [1.807, 2.05) is 31.2 Å². The summed E-state index contributed by atoms with van der Waals surface area (Å²) in [5.41, 5.74) is 3.38. The van der Waals surface area contributed by atoms with Crippen LogP contribution in [0.5, 0.6) is 0 Å². The van der Waals surface area contributed by atoms with Gasteiger partial charge in [0, 0.05) is 4.88 Å². The van der Waals surface area contributed by atoms with E-state index in [0.717, 1.165) is 53.7 Å². The fraction of sp³-hybridized carbons (Fsp3) is 0.409. The minimum atomic E-state index is -0.775. The van der Waals surface area contributed by atoms with E-state index in [2.05, 4.69) is 10.6 Å². The van der Waals surface area contributed by atoms with Crippen LogP contribution in [0.4, 0.5) is 9.80 Å². The number of amides is 3. The topological polar surface area (TPSA) is 84.5 Å². The molecule has 3 rings (SSSR count). The van der Waals surface area contributed by atoms with Gasteiger partial charge in [-0.1, -0.05) is 36.2 Å². The number of imide groups is 1. The van der Waals surface area contributed by atoms with Crippen LogP contribution in [-0.2, 0) is 28.8 Å². The molecule has 0 aliphatic heterocycles. The van der Waals surface area contributed by atoms with Gasteiger partial charge in [0.25, 0.3) is 5.91 Å². The van der Waals surface area contributed by atoms with E-state index < -0.39 is 12.0 Å². The van der Waals surface area contributed by atoms with Crippen LogP contribution in [0, 0.1) is 6.92 Å². The predicted molar refractivity (Wildman–Crippen MR) is 114 cm³/mol. The number of carbonyl (C=O) groups is 3. The fourth-order valence-corrected chi connectivity index (χ4v) is 4.76. The lowest BCUT2D eigenvalue weighted by atomic mass is 10.0. The summed E-state index contributed by atoms with van der Waals surface area (Å²) in [6.45, 7) is 3.86. The van der Waals surface area contributed by atoms with Gasteiger partial charge in [-0.15, -0.1) is 11.3 Å². The first-order chi connectivity index (χ1) is 14.0. The number of alkyl carbamates (subject to hydrolysis) is 1. The standard InChI is InChI=1S/C22H26N2O4S/c1-3-28-22(27)24-20(26)19-16-7-5-4-6-8-17(16)29-21(19)23-18(25)13-15-11-9-14(2)10-12-15/h9-12H,3-8,13H2,1-2H3,(H,23,25)(H,24,26,27). The van der Waals surface area contributed by atoms with Crippen molar-refractivity contribution in [1.29, 1.82) is 0 Å². The summed E-state index contributed by atoms with van der Waals surface area (Å²) < 4.78 is 4.83. The SMILES string of the molecule is CCOC(=O)NC(=O)c1c(NC(=O)Cc2ccc(C)cc2)sc2c1CCCCC2. The van der Waals surface area contributed by atoms with E-state index >= 15 is 0 Å². The van der Waals surface area contributed by atoms with Crippen LogP contribution in [0.3, 0.4) is 0 Å². The first-order valence-corrected chi connectivity index (χ1v) is 10.8. The van der Waals surface area contributed by atoms with E-state index in [9.17, 15) is 14.4 Å². The van der Waals surface area contributed by atoms with E-state index in [4.69, 9.17) is 4.74 Å². The molecule has 1 aromatic carbocycles. The van der Waals surface area contributed by atoms with Crippen LogP contribution in [0.25, 0.3) is 0 Å². The Kier molecular flexibility index (Phi) is 7.04. The molecule has 0 spiro atoms. The number of hydrogen-bond donors (Lipinski definition) is 2. The molecule has 0 saturated heterocycles. The van der Waals surface area contributed by atoms with Gasteiger partial charge in [0.2, 0.25) is 5.91 Å². The number of nitrogens with one attached hydrogen (secondary N) is 2. The van der Waals surface area contributed by atoms with Crippen molar-refractivity contribution in [3.63, 3.8) is 0 Å². The second kappa shape index (κ2) is 9.69. The molecule has 0 unspecified atom stereocenters. The zero-order chi connectivity index (χ0) is 20.8. The zero-order valence-electron chi connectivity index (χ0n) is 16.8. The molecule has 0 radical (unpaired) electrons. The minimum Gasteiger partial charge on any atom is -0.450 e. The molecule has 1 aliphatic carbocycles. The number of hydrogen-bond acceptors (Lipinski definition) is 5. The summed E-state index contributed by atoms with van der Waals surface area (Å²) in [7, 11) is 0. The number of fused-ring (bicyclic) bond motifs is 1. The van der Waals surface area contributed by atoms with E-state index in [0.29, 0.717) is 10.6 Å². The van der Waals surface area contributed by atoms with Gasteiger partial charge in [-0.2, -0.15) is 0 Å². The van der Waals surface area contributed by atoms with Crippen LogP contribution in [0.2, 0.25) is 0 Å². The minimum absolute atomic E-state index is 0.182. The van der Waals surface area contributed by atoms with Gasteiger partial charge in [-0.25, -0.2) is 4.79 Å². The first kappa shape index (κ1) is 21.0. The van der Waals surface area contributed by atoms with Crippen molar-refractivity contribution in [2.45, 2.75) is 52.4 Å². The summed E-state index contributed by atoms with van der Waals surface area (Å²) in [4.78, 5) is 38.3. The number of aryl methyl sites for hydroxylation is 2. The van der Waals surface area contributed by atoms with Gasteiger partial charge in [0.15, 0.2) is 0 Å². The third-order valence-electron chi connectivity index (χ3n) is 4.88. The molecule has 0 atom stereocenters. The number of thiophene rings is 1. The van der Waals surface area contributed by atoms with Gasteiger partial charge in [-0.05, 0) is 50.7 Å². The Labute approximate surface area is 174 Å². The van der Waals surface area contributed by atoms with Crippen LogP contribution in [0.15, 0.2) is 24.3 Å². The van der Waals surface area contributed by atoms with E-state index in [1.54, 1.807) is 6.92 Å². The van der Waals surface area contributed by atoms with Crippen molar-refractivity contribution in [1.82, 2.24) is 5.32 Å². The molecule has 2 aromatic rings. The number of rotatable bonds is 5. The highest BCUT2D eigenvalue weighted by molar-refractivity contribution is 7.17. The summed E-state index contributed by atoms with van der Waals surface area (Å²) >= 11 is 1.44. The third-order valence-corrected chi connectivity index (χ3v) is 6.08. The molecular formula is C22H26N2O4S. The normalized spacial score (nSPS) is 13.2. The number of anilines is 1. The molecule has 29 heavy (non-hydrogen) atoms. The Morgan fingerprint density at radius 3 is 2.52 bits per heavy atom. The second-order valence-corrected chi connectivity index (χ2v) is 8.26. The molecule has 3 amide bonds. The van der Waals surface area contributed by atoms with Crippen LogP contribution in [0.1, 0.15) is 58.1 Å². The molecule has 154 valence electrons. The third kappa shape index (κ3) is 5.44. The van der Waals surface area contributed by atoms with Crippen molar-refractivity contribution < 1.29 is 19.1 Å². The lowest BCUT2D eigenvalue weighted by molar-refractivity contribution is -0.115. The smallest absolute Gasteiger partial charge is 0.414 e. The zero-order valence-corrected chi connectivity index (χ0v) is 17.6. The summed E-state index contributed by atoms with van der Waals surface area (Å²) in [5, 5.41) is 5.69. The van der Waals surface area contributed by atoms with Crippen LogP contribution in [-0.4, -0.2) is 24.5 Å². The Hall–Kier alpha value is -2.67. The Morgan fingerprint density at radius 1 is 1.07 bits per heavy atom. The molecule has 0 fully saturated rings. The molecule has 2 N–H and O–H groups in total. The second-order valence-electron chi connectivity index (χ2n) is 7.15. The van der Waals surface area contributed by atoms with Crippen LogP contribution >= 0.6 is 11.3 Å². The maximum absolute atomic E-state index is 12.8. The molecule has 1 aromatic heterocycles. The molecule has 7 heteroatoms. The maximum Gasteiger partial charge on any atom is 0.414 e. The average molecular weight is 415 g/mol. The van der Waals surface area contributed by atoms with Crippen molar-refractivity contribution >= 4 is 34.2 Å². The number of benzene rings is 1. The van der Waals surface area contributed by atoms with Gasteiger partial charge in [0.05, 0.1) is 18.6 Å². The molecule has 6 nitrogen and oxygen atoms in total. The van der Waals surface area contributed by atoms with E-state index in [-0.39, 0.29) is 18.9 Å². The lowest BCUT2D eigenvalue weighted by Crippen LogP contribution is -2.32. The molecule has 1 heterocycles. The Balaban J connectivity index is 1.82. The summed E-state index contributed by atoms with van der Waals surface area (Å²) in [6.07, 6.45) is 4.25. The Bertz CT molecular complexity index is 902. The highest BCUT2D eigenvalue weighted by Crippen LogP contribution is 2.37. The monoisotopic (exact) mass is 414 g/mol. The highest BCUT2D eigenvalue weighted by Gasteiger charge is 2.27. The lowest BCUT2D eigenvalue weighted by Gasteiger charge is -2.09. The molecule has 0 bridgehead atoms. The number of carbonyl (C=O) groups excluding carboxylic acids is 3. The molecule has 1 aliphatic rings. The van der Waals surface area contributed by atoms with Gasteiger partial charge in [-0.3, -0.25) is 14.9 Å². The van der Waals surface area contributed by atoms with Gasteiger partial charge < -0.3 is 10.1 Å². The highest BCUT2D eigenvalue weighted by atomic mass is 32.1. The fourth-order valence-electron chi connectivity index (χ4n) is 3.46. The Morgan fingerprint density at radius 2 is 1.79 bits per heavy atom. The largest absolute Gasteiger partial charge is 0.450 e. The van der Waals surface area contributed by atoms with E-state index in [1.165, 1.54) is 11.3 Å². The number of ether oxygens (including phenoxy) is 1. The van der Waals surface area contributed by atoms with Crippen molar-refractivity contribution in [3.8, 4) is 0 Å². The van der Waals surface area contributed by atoms with Crippen molar-refractivity contribution in [3.05, 3.63) is 51.4 Å². The van der Waals surface area contributed by atoms with Crippen molar-refractivity contribution in [2.24, 2.45) is 0 Å². The van der Waals surface area contributed by atoms with Crippen molar-refractivity contribution in [2.75, 3.05) is 11.9 Å². The molecule has 0 saturated carbocycles. The predicted octanol–water partition coefficient (Wildman–Crippen LogP) is 4.39. The first-order valence-electron chi connectivity index (χ1n) is 9.96. The van der Waals surface area contributed by atoms with Crippen LogP contribution < -0.4 is 10.6 Å². The average Bonchev–Trinajstić information content (AvgIpc) is 2.84. The van der Waals surface area contributed by atoms with Gasteiger partial charge >= 0.3 is 6.09 Å². The summed E-state index contributed by atoms with van der Waals surface area (Å²) in [6, 6.07) is 7.78. The van der Waals surface area contributed by atoms with Gasteiger partial charge in [0.1, 0.15) is 5.00 Å². The quantitative estimate of drug-likeness (QED) is 0.711. The summed E-state index contributed by atoms with van der Waals surface area (Å²) in [5.74, 6) is -0.705.